The van der Waals surface area contributed by atoms with Crippen LogP contribution in [0.3, 0.4) is 0 Å². The summed E-state index contributed by atoms with van der Waals surface area (Å²) in [5.41, 5.74) is 6.17. The predicted molar refractivity (Wildman–Crippen MR) is 71.7 cm³/mol. The van der Waals surface area contributed by atoms with Gasteiger partial charge in [-0.1, -0.05) is 0 Å². The van der Waals surface area contributed by atoms with Crippen LogP contribution in [0.25, 0.3) is 11.2 Å². The molecule has 0 radical (unpaired) electrons. The van der Waals surface area contributed by atoms with Gasteiger partial charge in [0, 0.05) is 0 Å². The van der Waals surface area contributed by atoms with Crippen LogP contribution in [0.4, 0.5) is 10.2 Å². The van der Waals surface area contributed by atoms with Gasteiger partial charge < -0.3 is 25.0 Å². The number of nitrogens with zero attached hydrogens (tertiary/aromatic N) is 4. The number of imidazole rings is 1. The number of halogens is 1. The number of aliphatic hydroxyl groups is 1. The molecule has 1 unspecified atom stereocenters. The first-order valence-corrected chi connectivity index (χ1v) is 7.52. The smallest absolute Gasteiger partial charge is 0.317 e. The van der Waals surface area contributed by atoms with Gasteiger partial charge in [-0.25, -0.2) is 19.3 Å². The Balaban J connectivity index is 1.97. The summed E-state index contributed by atoms with van der Waals surface area (Å²) in [4.78, 5) is 20.6. The Morgan fingerprint density at radius 3 is 2.95 bits per heavy atom. The average molecular weight is 333 g/mol. The van der Waals surface area contributed by atoms with E-state index < -0.39 is 39.5 Å². The highest BCUT2D eigenvalue weighted by Crippen LogP contribution is 2.38. The molecule has 0 aliphatic carbocycles. The van der Waals surface area contributed by atoms with E-state index in [9.17, 15) is 14.1 Å². The quantitative estimate of drug-likeness (QED) is 0.624. The number of hydrogen-bond donors (Lipinski definition) is 3. The van der Waals surface area contributed by atoms with Crippen LogP contribution in [-0.4, -0.2) is 54.5 Å². The molecule has 3 heterocycles. The molecule has 0 amide bonds. The predicted octanol–water partition coefficient (Wildman–Crippen LogP) is -0.597. The van der Waals surface area contributed by atoms with Crippen molar-refractivity contribution in [3.63, 3.8) is 0 Å². The van der Waals surface area contributed by atoms with Gasteiger partial charge in [0.2, 0.25) is 0 Å². The number of hydrogen-bond acceptors (Lipinski definition) is 8. The highest BCUT2D eigenvalue weighted by molar-refractivity contribution is 7.32. The molecule has 1 fully saturated rings. The standard InChI is InChI=1S/C10H13FN5O5P/c11-5-7(21-22(18)19)4(1-17)20-10(5)16-3-15-6-8(12)13-2-14-9(6)16/h2-5,7,10,17,22H,1H2,(H,18,19)(H2,12,13,14)/t4-,5-,7-,10-/m1/s1. The Bertz CT molecular complexity index is 714. The highest BCUT2D eigenvalue weighted by atomic mass is 31.1. The number of rotatable bonds is 4. The lowest BCUT2D eigenvalue weighted by molar-refractivity contribution is -0.0436. The zero-order valence-electron chi connectivity index (χ0n) is 11.0. The third kappa shape index (κ3) is 2.46. The number of aromatic nitrogens is 4. The summed E-state index contributed by atoms with van der Waals surface area (Å²) in [7, 11) is -3.38. The second-order valence-electron chi connectivity index (χ2n) is 4.62. The van der Waals surface area contributed by atoms with Crippen LogP contribution in [-0.2, 0) is 13.8 Å². The Morgan fingerprint density at radius 2 is 2.27 bits per heavy atom. The molecule has 10 nitrogen and oxygen atoms in total. The summed E-state index contributed by atoms with van der Waals surface area (Å²) in [5, 5.41) is 9.23. The third-order valence-electron chi connectivity index (χ3n) is 3.34. The van der Waals surface area contributed by atoms with E-state index in [4.69, 9.17) is 15.4 Å². The molecular weight excluding hydrogens is 320 g/mol. The molecule has 2 aromatic rings. The third-order valence-corrected chi connectivity index (χ3v) is 3.82. The molecule has 1 aliphatic heterocycles. The van der Waals surface area contributed by atoms with Crippen LogP contribution in [0, 0.1) is 0 Å². The van der Waals surface area contributed by atoms with Crippen LogP contribution >= 0.6 is 8.25 Å². The molecule has 120 valence electrons. The molecule has 3 rings (SSSR count). The van der Waals surface area contributed by atoms with Crippen molar-refractivity contribution in [2.24, 2.45) is 0 Å². The molecule has 0 spiro atoms. The molecule has 1 aliphatic rings. The largest absolute Gasteiger partial charge is 0.394 e. The minimum atomic E-state index is -3.38. The van der Waals surface area contributed by atoms with E-state index in [-0.39, 0.29) is 17.0 Å². The fourth-order valence-electron chi connectivity index (χ4n) is 2.38. The van der Waals surface area contributed by atoms with Gasteiger partial charge in [0.05, 0.1) is 12.9 Å². The Morgan fingerprint density at radius 1 is 1.50 bits per heavy atom. The van der Waals surface area contributed by atoms with E-state index in [2.05, 4.69) is 19.5 Å². The Labute approximate surface area is 123 Å². The van der Waals surface area contributed by atoms with Crippen molar-refractivity contribution in [1.82, 2.24) is 19.5 Å². The molecule has 12 heteroatoms. The number of aliphatic hydroxyl groups excluding tert-OH is 1. The summed E-state index contributed by atoms with van der Waals surface area (Å²) in [6, 6.07) is 0. The molecule has 4 N–H and O–H groups in total. The van der Waals surface area contributed by atoms with Crippen molar-refractivity contribution in [3.05, 3.63) is 12.7 Å². The number of nitrogens with two attached hydrogens (primary N) is 1. The van der Waals surface area contributed by atoms with Crippen LogP contribution in [0.15, 0.2) is 12.7 Å². The van der Waals surface area contributed by atoms with Crippen LogP contribution in [0.1, 0.15) is 6.23 Å². The molecule has 5 atom stereocenters. The average Bonchev–Trinajstić information content (AvgIpc) is 3.02. The van der Waals surface area contributed by atoms with Crippen molar-refractivity contribution in [2.45, 2.75) is 24.6 Å². The lowest BCUT2D eigenvalue weighted by atomic mass is 10.1. The summed E-state index contributed by atoms with van der Waals surface area (Å²) in [6.07, 6.45) is -3.01. The Kier molecular flexibility index (Phi) is 4.06. The lowest BCUT2D eigenvalue weighted by Gasteiger charge is -2.16. The van der Waals surface area contributed by atoms with Gasteiger partial charge in [-0.05, 0) is 0 Å². The van der Waals surface area contributed by atoms with Gasteiger partial charge in [0.25, 0.3) is 0 Å². The van der Waals surface area contributed by atoms with E-state index >= 15 is 0 Å². The van der Waals surface area contributed by atoms with E-state index in [1.54, 1.807) is 0 Å². The van der Waals surface area contributed by atoms with Crippen LogP contribution in [0.2, 0.25) is 0 Å². The molecule has 0 saturated carbocycles. The maximum absolute atomic E-state index is 14.5. The Hall–Kier alpha value is -1.65. The normalized spacial score (nSPS) is 30.0. The van der Waals surface area contributed by atoms with Crippen molar-refractivity contribution < 1.29 is 28.2 Å². The number of alkyl halides is 1. The molecule has 0 aromatic carbocycles. The van der Waals surface area contributed by atoms with E-state index in [0.29, 0.717) is 0 Å². The minimum absolute atomic E-state index is 0.129. The second kappa shape index (κ2) is 5.86. The summed E-state index contributed by atoms with van der Waals surface area (Å²) in [5.74, 6) is 0.129. The summed E-state index contributed by atoms with van der Waals surface area (Å²) in [6.45, 7) is -0.569. The van der Waals surface area contributed by atoms with Crippen LogP contribution < -0.4 is 5.73 Å². The van der Waals surface area contributed by atoms with Gasteiger partial charge in [-0.2, -0.15) is 0 Å². The first-order valence-electron chi connectivity index (χ1n) is 6.26. The zero-order valence-corrected chi connectivity index (χ0v) is 12.0. The number of fused-ring (bicyclic) bond motifs is 1. The number of anilines is 1. The van der Waals surface area contributed by atoms with Gasteiger partial charge in [0.1, 0.15) is 24.1 Å². The van der Waals surface area contributed by atoms with Crippen LogP contribution in [0.5, 0.6) is 0 Å². The maximum atomic E-state index is 14.5. The topological polar surface area (TPSA) is 146 Å². The number of nitrogen functional groups attached to an aromatic ring is 1. The monoisotopic (exact) mass is 333 g/mol. The molecule has 22 heavy (non-hydrogen) atoms. The first kappa shape index (κ1) is 15.3. The van der Waals surface area contributed by atoms with Crippen molar-refractivity contribution in [3.8, 4) is 0 Å². The van der Waals surface area contributed by atoms with E-state index in [1.165, 1.54) is 17.2 Å². The van der Waals surface area contributed by atoms with Crippen molar-refractivity contribution in [2.75, 3.05) is 12.3 Å². The van der Waals surface area contributed by atoms with E-state index in [0.717, 1.165) is 0 Å². The maximum Gasteiger partial charge on any atom is 0.317 e. The van der Waals surface area contributed by atoms with Crippen molar-refractivity contribution >= 4 is 25.2 Å². The second-order valence-corrected chi connectivity index (χ2v) is 5.39. The van der Waals surface area contributed by atoms with E-state index in [1.807, 2.05) is 0 Å². The first-order chi connectivity index (χ1) is 10.5. The fraction of sp³-hybridized carbons (Fsp3) is 0.500. The van der Waals surface area contributed by atoms with Gasteiger partial charge >= 0.3 is 8.25 Å². The van der Waals surface area contributed by atoms with Gasteiger partial charge in [-0.15, -0.1) is 0 Å². The fourth-order valence-corrected chi connectivity index (χ4v) is 2.89. The lowest BCUT2D eigenvalue weighted by Crippen LogP contribution is -2.32. The molecular formula is C10H13FN5O5P. The molecule has 0 bridgehead atoms. The minimum Gasteiger partial charge on any atom is -0.394 e. The molecule has 1 saturated heterocycles. The summed E-state index contributed by atoms with van der Waals surface area (Å²) < 4.78 is 36.6. The SMILES string of the molecule is Nc1ncnc2c1ncn2[C@@H]1O[C@H](CO)[C@@H](O[PH](=O)O)[C@H]1F. The van der Waals surface area contributed by atoms with Gasteiger partial charge in [0.15, 0.2) is 23.9 Å². The molecule has 2 aromatic heterocycles. The summed E-state index contributed by atoms with van der Waals surface area (Å²) >= 11 is 0. The number of ether oxygens (including phenoxy) is 1. The highest BCUT2D eigenvalue weighted by Gasteiger charge is 2.48. The van der Waals surface area contributed by atoms with Gasteiger partial charge in [-0.3, -0.25) is 9.13 Å². The van der Waals surface area contributed by atoms with Crippen molar-refractivity contribution in [1.29, 1.82) is 0 Å². The zero-order chi connectivity index (χ0) is 15.9.